The van der Waals surface area contributed by atoms with Crippen LogP contribution in [0.15, 0.2) is 0 Å². The molecule has 0 spiro atoms. The van der Waals surface area contributed by atoms with E-state index in [1.54, 1.807) is 11.9 Å². The van der Waals surface area contributed by atoms with Crippen molar-refractivity contribution in [2.75, 3.05) is 18.6 Å². The van der Waals surface area contributed by atoms with Crippen LogP contribution in [0.3, 0.4) is 0 Å². The molecule has 0 aromatic rings. The number of amides is 1. The summed E-state index contributed by atoms with van der Waals surface area (Å²) in [6.45, 7) is 0. The Morgan fingerprint density at radius 3 is 3.00 bits per heavy atom. The van der Waals surface area contributed by atoms with Crippen molar-refractivity contribution in [3.05, 3.63) is 0 Å². The van der Waals surface area contributed by atoms with Gasteiger partial charge in [-0.2, -0.15) is 11.8 Å². The molecule has 1 fully saturated rings. The molecule has 1 atom stereocenters. The van der Waals surface area contributed by atoms with Crippen LogP contribution in [0.5, 0.6) is 0 Å². The van der Waals surface area contributed by atoms with Crippen LogP contribution in [0.4, 0.5) is 0 Å². The first-order valence-electron chi connectivity index (χ1n) is 4.07. The number of nitrogens with zero attached hydrogens (tertiary/aromatic N) is 1. The molecule has 2 nitrogen and oxygen atoms in total. The molecule has 1 aliphatic rings. The summed E-state index contributed by atoms with van der Waals surface area (Å²) in [6, 6.07) is 0.354. The van der Waals surface area contributed by atoms with Crippen LogP contribution in [-0.2, 0) is 4.79 Å². The van der Waals surface area contributed by atoms with Gasteiger partial charge in [-0.25, -0.2) is 0 Å². The number of carbonyl (C=O) groups is 1. The summed E-state index contributed by atoms with van der Waals surface area (Å²) >= 11 is 1.90. The van der Waals surface area contributed by atoms with Gasteiger partial charge in [-0.05, 0) is 24.5 Å². The topological polar surface area (TPSA) is 20.3 Å². The van der Waals surface area contributed by atoms with Gasteiger partial charge in [0.2, 0.25) is 0 Å². The molecule has 66 valence electrons. The summed E-state index contributed by atoms with van der Waals surface area (Å²) in [5.74, 6) is 4.20. The average molecular weight is 183 g/mol. The van der Waals surface area contributed by atoms with Crippen molar-refractivity contribution in [2.45, 2.75) is 18.9 Å². The summed E-state index contributed by atoms with van der Waals surface area (Å²) in [5, 5.41) is 0. The third-order valence-corrected chi connectivity index (χ3v) is 3.33. The molecule has 1 heterocycles. The zero-order valence-electron chi connectivity index (χ0n) is 7.25. The van der Waals surface area contributed by atoms with Crippen LogP contribution >= 0.6 is 11.8 Å². The molecule has 12 heavy (non-hydrogen) atoms. The molecule has 0 aliphatic carbocycles. The Morgan fingerprint density at radius 1 is 1.75 bits per heavy atom. The van der Waals surface area contributed by atoms with Crippen molar-refractivity contribution >= 4 is 17.7 Å². The smallest absolute Gasteiger partial charge is 0.298 e. The number of terminal acetylenes is 1. The Morgan fingerprint density at radius 2 is 2.50 bits per heavy atom. The monoisotopic (exact) mass is 183 g/mol. The molecule has 0 aromatic carbocycles. The van der Waals surface area contributed by atoms with Gasteiger partial charge in [-0.3, -0.25) is 4.79 Å². The zero-order valence-corrected chi connectivity index (χ0v) is 8.06. The molecule has 1 amide bonds. The second-order valence-corrected chi connectivity index (χ2v) is 4.08. The maximum absolute atomic E-state index is 11.1. The largest absolute Gasteiger partial charge is 0.331 e. The molecular weight excluding hydrogens is 170 g/mol. The number of hydrogen-bond donors (Lipinski definition) is 0. The van der Waals surface area contributed by atoms with E-state index in [0.29, 0.717) is 6.04 Å². The lowest BCUT2D eigenvalue weighted by Crippen LogP contribution is -2.39. The van der Waals surface area contributed by atoms with E-state index in [1.807, 2.05) is 11.8 Å². The predicted octanol–water partition coefficient (Wildman–Crippen LogP) is 0.974. The van der Waals surface area contributed by atoms with Gasteiger partial charge in [0.15, 0.2) is 0 Å². The number of rotatable bonds is 1. The predicted molar refractivity (Wildman–Crippen MR) is 52.0 cm³/mol. The van der Waals surface area contributed by atoms with Gasteiger partial charge in [-0.1, -0.05) is 0 Å². The van der Waals surface area contributed by atoms with Crippen molar-refractivity contribution in [1.82, 2.24) is 4.90 Å². The number of hydrogen-bond acceptors (Lipinski definition) is 2. The summed E-state index contributed by atoms with van der Waals surface area (Å²) in [6.07, 6.45) is 7.32. The summed E-state index contributed by atoms with van der Waals surface area (Å²) in [5.41, 5.74) is 0. The van der Waals surface area contributed by atoms with Gasteiger partial charge < -0.3 is 4.90 Å². The van der Waals surface area contributed by atoms with E-state index in [2.05, 4.69) is 5.92 Å². The summed E-state index contributed by atoms with van der Waals surface area (Å²) in [4.78, 5) is 12.8. The second-order valence-electron chi connectivity index (χ2n) is 2.93. The minimum Gasteiger partial charge on any atom is -0.331 e. The number of carbonyl (C=O) groups excluding carboxylic acids is 1. The fourth-order valence-corrected chi connectivity index (χ4v) is 2.50. The maximum Gasteiger partial charge on any atom is 0.298 e. The van der Waals surface area contributed by atoms with Crippen LogP contribution < -0.4 is 0 Å². The van der Waals surface area contributed by atoms with Gasteiger partial charge in [-0.15, -0.1) is 6.42 Å². The molecule has 0 aromatic heterocycles. The molecule has 1 aliphatic heterocycles. The first kappa shape index (κ1) is 9.47. The molecule has 3 heteroatoms. The highest BCUT2D eigenvalue weighted by Crippen LogP contribution is 2.20. The van der Waals surface area contributed by atoms with E-state index in [-0.39, 0.29) is 5.91 Å². The lowest BCUT2D eigenvalue weighted by atomic mass is 10.1. The second kappa shape index (κ2) is 4.42. The van der Waals surface area contributed by atoms with E-state index < -0.39 is 0 Å². The fourth-order valence-electron chi connectivity index (χ4n) is 1.30. The van der Waals surface area contributed by atoms with Crippen molar-refractivity contribution < 1.29 is 4.79 Å². The average Bonchev–Trinajstić information content (AvgIpc) is 2.17. The minimum absolute atomic E-state index is 0.192. The Hall–Kier alpha value is -0.620. The van der Waals surface area contributed by atoms with Crippen molar-refractivity contribution in [3.8, 4) is 12.3 Å². The molecule has 1 saturated heterocycles. The normalized spacial score (nSPS) is 22.8. The van der Waals surface area contributed by atoms with E-state index in [4.69, 9.17) is 6.42 Å². The Bertz CT molecular complexity index is 203. The van der Waals surface area contributed by atoms with Crippen LogP contribution in [0.1, 0.15) is 12.8 Å². The van der Waals surface area contributed by atoms with Gasteiger partial charge in [0, 0.05) is 18.8 Å². The molecule has 0 saturated carbocycles. The molecular formula is C9H13NOS. The van der Waals surface area contributed by atoms with E-state index in [1.165, 1.54) is 12.2 Å². The fraction of sp³-hybridized carbons (Fsp3) is 0.667. The first-order valence-corrected chi connectivity index (χ1v) is 5.22. The number of thioether (sulfide) groups is 1. The Kier molecular flexibility index (Phi) is 3.48. The third-order valence-electron chi connectivity index (χ3n) is 2.13. The van der Waals surface area contributed by atoms with Gasteiger partial charge >= 0.3 is 0 Å². The molecule has 1 rings (SSSR count). The first-order chi connectivity index (χ1) is 5.75. The SMILES string of the molecule is C#CC(=O)N(C)C1CCCSC1. The Balaban J connectivity index is 2.45. The molecule has 0 N–H and O–H groups in total. The maximum atomic E-state index is 11.1. The van der Waals surface area contributed by atoms with Gasteiger partial charge in [0.25, 0.3) is 5.91 Å². The van der Waals surface area contributed by atoms with Crippen LogP contribution in [0.2, 0.25) is 0 Å². The van der Waals surface area contributed by atoms with E-state index >= 15 is 0 Å². The van der Waals surface area contributed by atoms with Gasteiger partial charge in [0.1, 0.15) is 0 Å². The highest BCUT2D eigenvalue weighted by molar-refractivity contribution is 7.99. The standard InChI is InChI=1S/C9H13NOS/c1-3-9(11)10(2)8-5-4-6-12-7-8/h1,8H,4-7H2,2H3. The van der Waals surface area contributed by atoms with E-state index in [0.717, 1.165) is 12.2 Å². The van der Waals surface area contributed by atoms with Crippen molar-refractivity contribution in [3.63, 3.8) is 0 Å². The minimum atomic E-state index is -0.192. The van der Waals surface area contributed by atoms with Crippen LogP contribution in [0, 0.1) is 12.3 Å². The lowest BCUT2D eigenvalue weighted by molar-refractivity contribution is -0.125. The lowest BCUT2D eigenvalue weighted by Gasteiger charge is -2.29. The molecule has 0 bridgehead atoms. The van der Waals surface area contributed by atoms with Crippen molar-refractivity contribution in [2.24, 2.45) is 0 Å². The van der Waals surface area contributed by atoms with Crippen LogP contribution in [-0.4, -0.2) is 35.4 Å². The quantitative estimate of drug-likeness (QED) is 0.565. The highest BCUT2D eigenvalue weighted by Gasteiger charge is 2.20. The van der Waals surface area contributed by atoms with E-state index in [9.17, 15) is 4.79 Å². The molecule has 1 unspecified atom stereocenters. The zero-order chi connectivity index (χ0) is 8.97. The highest BCUT2D eigenvalue weighted by atomic mass is 32.2. The summed E-state index contributed by atoms with van der Waals surface area (Å²) < 4.78 is 0. The van der Waals surface area contributed by atoms with Crippen molar-refractivity contribution in [1.29, 1.82) is 0 Å². The van der Waals surface area contributed by atoms with Gasteiger partial charge in [0.05, 0.1) is 0 Å². The van der Waals surface area contributed by atoms with Crippen LogP contribution in [0.25, 0.3) is 0 Å². The summed E-state index contributed by atoms with van der Waals surface area (Å²) in [7, 11) is 1.79. The third kappa shape index (κ3) is 2.18. The Labute approximate surface area is 77.7 Å². The molecule has 0 radical (unpaired) electrons.